The number of pyridine rings is 1. The van der Waals surface area contributed by atoms with Gasteiger partial charge in [-0.3, -0.25) is 19.9 Å². The fourth-order valence-electron chi connectivity index (χ4n) is 2.79. The van der Waals surface area contributed by atoms with Crippen LogP contribution in [-0.2, 0) is 13.0 Å². The first kappa shape index (κ1) is 18.3. The molecule has 0 N–H and O–H groups in total. The van der Waals surface area contributed by atoms with E-state index in [1.54, 1.807) is 17.2 Å². The molecule has 2 aromatic carbocycles. The monoisotopic (exact) mass is 361 g/mol. The number of non-ortho nitro benzene ring substituents is 1. The molecular weight excluding hydrogens is 342 g/mol. The summed E-state index contributed by atoms with van der Waals surface area (Å²) in [6.45, 7) is 0.891. The second-order valence-corrected chi connectivity index (χ2v) is 6.09. The molecule has 6 heteroatoms. The van der Waals surface area contributed by atoms with Gasteiger partial charge in [0.25, 0.3) is 11.6 Å². The Balaban J connectivity index is 1.82. The highest BCUT2D eigenvalue weighted by molar-refractivity contribution is 5.94. The summed E-state index contributed by atoms with van der Waals surface area (Å²) in [5.41, 5.74) is 2.10. The lowest BCUT2D eigenvalue weighted by Crippen LogP contribution is -2.32. The van der Waals surface area contributed by atoms with Gasteiger partial charge in [0.2, 0.25) is 0 Å². The van der Waals surface area contributed by atoms with E-state index in [4.69, 9.17) is 0 Å². The van der Waals surface area contributed by atoms with E-state index >= 15 is 0 Å². The first-order valence-electron chi connectivity index (χ1n) is 8.61. The smallest absolute Gasteiger partial charge is 0.270 e. The van der Waals surface area contributed by atoms with Gasteiger partial charge in [0.05, 0.1) is 4.92 Å². The fraction of sp³-hybridized carbons (Fsp3) is 0.143. The van der Waals surface area contributed by atoms with Crippen LogP contribution in [0.2, 0.25) is 0 Å². The third-order valence-electron chi connectivity index (χ3n) is 4.17. The van der Waals surface area contributed by atoms with Crippen LogP contribution < -0.4 is 0 Å². The molecule has 0 aliphatic carbocycles. The van der Waals surface area contributed by atoms with Gasteiger partial charge in [-0.05, 0) is 23.8 Å². The van der Waals surface area contributed by atoms with Gasteiger partial charge < -0.3 is 4.90 Å². The normalized spacial score (nSPS) is 10.4. The van der Waals surface area contributed by atoms with Gasteiger partial charge in [0.15, 0.2) is 0 Å². The number of amides is 1. The van der Waals surface area contributed by atoms with Crippen LogP contribution in [0.15, 0.2) is 79.0 Å². The van der Waals surface area contributed by atoms with Crippen molar-refractivity contribution in [1.29, 1.82) is 0 Å². The van der Waals surface area contributed by atoms with Crippen molar-refractivity contribution in [2.45, 2.75) is 13.0 Å². The number of hydrogen-bond donors (Lipinski definition) is 0. The molecule has 6 nitrogen and oxygen atoms in total. The molecule has 0 bridgehead atoms. The molecule has 3 rings (SSSR count). The molecule has 0 saturated heterocycles. The molecule has 0 saturated carbocycles. The molecule has 0 atom stereocenters. The lowest BCUT2D eigenvalue weighted by molar-refractivity contribution is -0.384. The molecule has 1 amide bonds. The Morgan fingerprint density at radius 3 is 2.48 bits per heavy atom. The highest BCUT2D eigenvalue weighted by atomic mass is 16.6. The van der Waals surface area contributed by atoms with Gasteiger partial charge in [-0.15, -0.1) is 0 Å². The highest BCUT2D eigenvalue weighted by Gasteiger charge is 2.18. The zero-order valence-electron chi connectivity index (χ0n) is 14.7. The number of aromatic nitrogens is 1. The minimum atomic E-state index is -0.494. The van der Waals surface area contributed by atoms with Crippen molar-refractivity contribution in [1.82, 2.24) is 9.88 Å². The molecule has 0 spiro atoms. The summed E-state index contributed by atoms with van der Waals surface area (Å²) in [6, 6.07) is 21.2. The Morgan fingerprint density at radius 1 is 1.00 bits per heavy atom. The van der Waals surface area contributed by atoms with E-state index in [0.29, 0.717) is 25.1 Å². The van der Waals surface area contributed by atoms with E-state index in [9.17, 15) is 14.9 Å². The topological polar surface area (TPSA) is 76.3 Å². The minimum absolute atomic E-state index is 0.0924. The number of rotatable bonds is 7. The van der Waals surface area contributed by atoms with Gasteiger partial charge in [-0.1, -0.05) is 42.5 Å². The first-order valence-corrected chi connectivity index (χ1v) is 8.61. The molecule has 0 aliphatic rings. The third-order valence-corrected chi connectivity index (χ3v) is 4.17. The number of carbonyl (C=O) groups is 1. The maximum Gasteiger partial charge on any atom is 0.270 e. The van der Waals surface area contributed by atoms with Gasteiger partial charge >= 0.3 is 0 Å². The largest absolute Gasteiger partial charge is 0.334 e. The summed E-state index contributed by atoms with van der Waals surface area (Å²) >= 11 is 0. The summed E-state index contributed by atoms with van der Waals surface area (Å²) in [5.74, 6) is -0.238. The molecule has 0 aliphatic heterocycles. The van der Waals surface area contributed by atoms with Crippen molar-refractivity contribution < 1.29 is 9.72 Å². The summed E-state index contributed by atoms with van der Waals surface area (Å²) in [6.07, 6.45) is 2.33. The second-order valence-electron chi connectivity index (χ2n) is 6.09. The lowest BCUT2D eigenvalue weighted by atomic mass is 10.1. The zero-order chi connectivity index (χ0) is 19.1. The minimum Gasteiger partial charge on any atom is -0.334 e. The molecule has 27 heavy (non-hydrogen) atoms. The van der Waals surface area contributed by atoms with E-state index in [1.165, 1.54) is 18.2 Å². The number of carbonyl (C=O) groups excluding carboxylic acids is 1. The molecule has 1 aromatic heterocycles. The van der Waals surface area contributed by atoms with Gasteiger partial charge in [0, 0.05) is 49.1 Å². The molecule has 0 radical (unpaired) electrons. The summed E-state index contributed by atoms with van der Waals surface area (Å²) in [7, 11) is 0. The molecule has 1 heterocycles. The number of nitro benzene ring substituents is 1. The van der Waals surface area contributed by atoms with Crippen LogP contribution in [-0.4, -0.2) is 27.3 Å². The Bertz CT molecular complexity index is 914. The van der Waals surface area contributed by atoms with Crippen molar-refractivity contribution in [3.05, 3.63) is 106 Å². The average molecular weight is 361 g/mol. The number of nitrogens with zero attached hydrogens (tertiary/aromatic N) is 3. The number of nitro groups is 1. The second kappa shape index (κ2) is 8.71. The van der Waals surface area contributed by atoms with Crippen LogP contribution in [0.3, 0.4) is 0 Å². The van der Waals surface area contributed by atoms with Gasteiger partial charge in [-0.25, -0.2) is 0 Å². The predicted molar refractivity (Wildman–Crippen MR) is 102 cm³/mol. The summed E-state index contributed by atoms with van der Waals surface area (Å²) in [5, 5.41) is 11.0. The molecule has 0 unspecified atom stereocenters. The van der Waals surface area contributed by atoms with E-state index < -0.39 is 4.92 Å². The standard InChI is InChI=1S/C21H19N3O3/c25-21(18-9-6-11-20(15-18)24(26)27)23(16-17-7-2-1-3-8-17)14-12-19-10-4-5-13-22-19/h1-11,13,15H,12,14,16H2. The molecular formula is C21H19N3O3. The predicted octanol–water partition coefficient (Wildman–Crippen LogP) is 3.87. The van der Waals surface area contributed by atoms with Crippen LogP contribution in [0.5, 0.6) is 0 Å². The third kappa shape index (κ3) is 4.98. The van der Waals surface area contributed by atoms with E-state index in [0.717, 1.165) is 11.3 Å². The van der Waals surface area contributed by atoms with E-state index in [2.05, 4.69) is 4.98 Å². The van der Waals surface area contributed by atoms with Crippen LogP contribution in [0.4, 0.5) is 5.69 Å². The Morgan fingerprint density at radius 2 is 1.78 bits per heavy atom. The van der Waals surface area contributed by atoms with Crippen molar-refractivity contribution in [3.63, 3.8) is 0 Å². The number of hydrogen-bond acceptors (Lipinski definition) is 4. The van der Waals surface area contributed by atoms with Crippen molar-refractivity contribution in [2.75, 3.05) is 6.54 Å². The zero-order valence-corrected chi connectivity index (χ0v) is 14.7. The summed E-state index contributed by atoms with van der Waals surface area (Å²) < 4.78 is 0. The lowest BCUT2D eigenvalue weighted by Gasteiger charge is -2.23. The Kier molecular flexibility index (Phi) is 5.89. The van der Waals surface area contributed by atoms with Crippen LogP contribution in [0, 0.1) is 10.1 Å². The van der Waals surface area contributed by atoms with Crippen LogP contribution >= 0.6 is 0 Å². The first-order chi connectivity index (χ1) is 13.1. The van der Waals surface area contributed by atoms with Crippen molar-refractivity contribution in [2.24, 2.45) is 0 Å². The average Bonchev–Trinajstić information content (AvgIpc) is 2.72. The van der Waals surface area contributed by atoms with Crippen molar-refractivity contribution >= 4 is 11.6 Å². The SMILES string of the molecule is O=C(c1cccc([N+](=O)[O-])c1)N(CCc1ccccn1)Cc1ccccc1. The number of benzene rings is 2. The fourth-order valence-corrected chi connectivity index (χ4v) is 2.79. The van der Waals surface area contributed by atoms with Gasteiger partial charge in [-0.2, -0.15) is 0 Å². The maximum absolute atomic E-state index is 13.0. The maximum atomic E-state index is 13.0. The van der Waals surface area contributed by atoms with Crippen LogP contribution in [0.1, 0.15) is 21.6 Å². The Hall–Kier alpha value is -3.54. The molecule has 0 fully saturated rings. The Labute approximate surface area is 157 Å². The highest BCUT2D eigenvalue weighted by Crippen LogP contribution is 2.17. The molecule has 136 valence electrons. The van der Waals surface area contributed by atoms with Crippen molar-refractivity contribution in [3.8, 4) is 0 Å². The van der Waals surface area contributed by atoms with Crippen LogP contribution in [0.25, 0.3) is 0 Å². The van der Waals surface area contributed by atoms with E-state index in [-0.39, 0.29) is 11.6 Å². The summed E-state index contributed by atoms with van der Waals surface area (Å²) in [4.78, 5) is 29.6. The van der Waals surface area contributed by atoms with E-state index in [1.807, 2.05) is 48.5 Å². The van der Waals surface area contributed by atoms with Gasteiger partial charge in [0.1, 0.15) is 0 Å². The molecule has 3 aromatic rings. The quantitative estimate of drug-likeness (QED) is 0.473.